The molecule has 0 N–H and O–H groups in total. The summed E-state index contributed by atoms with van der Waals surface area (Å²) in [6.45, 7) is 2.05. The molecule has 0 spiro atoms. The number of carbonyl (C=O) groups is 1. The smallest absolute Gasteiger partial charge is 0.137 e. The molecule has 0 saturated carbocycles. The molecule has 0 aliphatic carbocycles. The number of hydrogen-bond donors (Lipinski definition) is 0. The standard InChI is InChI=1S/C12H14BrFO/c1-2-3-4-11(15)8-9-7-10(14)5-6-12(9)13/h5-7H,2-4,8H2,1H3. The van der Waals surface area contributed by atoms with Crippen LogP contribution in [0.1, 0.15) is 31.7 Å². The largest absolute Gasteiger partial charge is 0.299 e. The Labute approximate surface area is 97.8 Å². The summed E-state index contributed by atoms with van der Waals surface area (Å²) in [5.74, 6) is -0.125. The van der Waals surface area contributed by atoms with Gasteiger partial charge in [0.15, 0.2) is 0 Å². The fourth-order valence-electron chi connectivity index (χ4n) is 1.35. The van der Waals surface area contributed by atoms with Crippen molar-refractivity contribution in [2.75, 3.05) is 0 Å². The van der Waals surface area contributed by atoms with Gasteiger partial charge in [0.1, 0.15) is 11.6 Å². The highest BCUT2D eigenvalue weighted by Gasteiger charge is 2.07. The molecule has 0 bridgehead atoms. The van der Waals surface area contributed by atoms with E-state index in [-0.39, 0.29) is 11.6 Å². The number of unbranched alkanes of at least 4 members (excludes halogenated alkanes) is 1. The van der Waals surface area contributed by atoms with Crippen LogP contribution >= 0.6 is 15.9 Å². The quantitative estimate of drug-likeness (QED) is 0.795. The molecule has 1 nitrogen and oxygen atoms in total. The Balaban J connectivity index is 2.63. The van der Waals surface area contributed by atoms with E-state index < -0.39 is 0 Å². The minimum Gasteiger partial charge on any atom is -0.299 e. The summed E-state index contributed by atoms with van der Waals surface area (Å²) in [6.07, 6.45) is 2.82. The Kier molecular flexibility index (Phi) is 4.95. The van der Waals surface area contributed by atoms with E-state index in [2.05, 4.69) is 15.9 Å². The van der Waals surface area contributed by atoms with Crippen LogP contribution in [0.3, 0.4) is 0 Å². The van der Waals surface area contributed by atoms with Gasteiger partial charge < -0.3 is 0 Å². The molecule has 0 unspecified atom stereocenters. The number of Topliss-reactive ketones (excluding diaryl/α,β-unsaturated/α-hetero) is 1. The summed E-state index contributed by atoms with van der Waals surface area (Å²) in [6, 6.07) is 4.43. The van der Waals surface area contributed by atoms with Gasteiger partial charge in [-0.25, -0.2) is 4.39 Å². The molecule has 0 aromatic heterocycles. The van der Waals surface area contributed by atoms with E-state index in [1.54, 1.807) is 6.07 Å². The number of rotatable bonds is 5. The van der Waals surface area contributed by atoms with Crippen LogP contribution in [-0.4, -0.2) is 5.78 Å². The minimum atomic E-state index is -0.295. The van der Waals surface area contributed by atoms with Crippen molar-refractivity contribution in [1.29, 1.82) is 0 Å². The molecule has 15 heavy (non-hydrogen) atoms. The van der Waals surface area contributed by atoms with Crippen molar-refractivity contribution in [1.82, 2.24) is 0 Å². The first-order valence-electron chi connectivity index (χ1n) is 5.09. The number of benzene rings is 1. The maximum absolute atomic E-state index is 12.9. The zero-order valence-electron chi connectivity index (χ0n) is 8.72. The summed E-state index contributed by atoms with van der Waals surface area (Å²) < 4.78 is 13.7. The number of hydrogen-bond acceptors (Lipinski definition) is 1. The first-order valence-corrected chi connectivity index (χ1v) is 5.88. The van der Waals surface area contributed by atoms with Crippen LogP contribution < -0.4 is 0 Å². The predicted molar refractivity (Wildman–Crippen MR) is 62.3 cm³/mol. The maximum Gasteiger partial charge on any atom is 0.137 e. The van der Waals surface area contributed by atoms with Crippen molar-refractivity contribution in [3.63, 3.8) is 0 Å². The molecule has 82 valence electrons. The highest BCUT2D eigenvalue weighted by molar-refractivity contribution is 9.10. The topological polar surface area (TPSA) is 17.1 Å². The molecule has 0 heterocycles. The summed E-state index contributed by atoms with van der Waals surface area (Å²) in [5, 5.41) is 0. The van der Waals surface area contributed by atoms with Crippen molar-refractivity contribution in [3.05, 3.63) is 34.1 Å². The van der Waals surface area contributed by atoms with Crippen LogP contribution in [0.5, 0.6) is 0 Å². The molecule has 0 saturated heterocycles. The summed E-state index contributed by atoms with van der Waals surface area (Å²) in [4.78, 5) is 11.5. The summed E-state index contributed by atoms with van der Waals surface area (Å²) in [5.41, 5.74) is 0.733. The Morgan fingerprint density at radius 2 is 2.20 bits per heavy atom. The lowest BCUT2D eigenvalue weighted by molar-refractivity contribution is -0.118. The highest BCUT2D eigenvalue weighted by Crippen LogP contribution is 2.19. The average Bonchev–Trinajstić information content (AvgIpc) is 2.20. The second-order valence-corrected chi connectivity index (χ2v) is 4.41. The van der Waals surface area contributed by atoms with Crippen molar-refractivity contribution in [2.24, 2.45) is 0 Å². The first-order chi connectivity index (χ1) is 7.13. The fraction of sp³-hybridized carbons (Fsp3) is 0.417. The van der Waals surface area contributed by atoms with Gasteiger partial charge in [0.2, 0.25) is 0 Å². The Morgan fingerprint density at radius 3 is 2.87 bits per heavy atom. The molecular weight excluding hydrogens is 259 g/mol. The van der Waals surface area contributed by atoms with E-state index in [9.17, 15) is 9.18 Å². The Bertz CT molecular complexity index is 349. The van der Waals surface area contributed by atoms with Gasteiger partial charge in [-0.05, 0) is 30.2 Å². The monoisotopic (exact) mass is 272 g/mol. The molecule has 0 radical (unpaired) electrons. The number of halogens is 2. The molecule has 0 fully saturated rings. The second-order valence-electron chi connectivity index (χ2n) is 3.55. The van der Waals surface area contributed by atoms with Crippen LogP contribution in [-0.2, 0) is 11.2 Å². The third kappa shape index (κ3) is 4.12. The van der Waals surface area contributed by atoms with Gasteiger partial charge in [-0.1, -0.05) is 29.3 Å². The molecule has 1 aromatic carbocycles. The maximum atomic E-state index is 12.9. The molecule has 0 aliphatic rings. The minimum absolute atomic E-state index is 0.170. The molecule has 1 aromatic rings. The van der Waals surface area contributed by atoms with E-state index in [4.69, 9.17) is 0 Å². The number of ketones is 1. The van der Waals surface area contributed by atoms with Crippen molar-refractivity contribution in [3.8, 4) is 0 Å². The summed E-state index contributed by atoms with van der Waals surface area (Å²) >= 11 is 3.31. The third-order valence-corrected chi connectivity index (χ3v) is 2.98. The Hall–Kier alpha value is -0.700. The van der Waals surface area contributed by atoms with E-state index in [1.807, 2.05) is 6.92 Å². The zero-order valence-corrected chi connectivity index (χ0v) is 10.3. The summed E-state index contributed by atoms with van der Waals surface area (Å²) in [7, 11) is 0. The lowest BCUT2D eigenvalue weighted by atomic mass is 10.1. The molecule has 0 aliphatic heterocycles. The van der Waals surface area contributed by atoms with Crippen LogP contribution in [0.25, 0.3) is 0 Å². The van der Waals surface area contributed by atoms with Crippen LogP contribution in [0, 0.1) is 5.82 Å². The van der Waals surface area contributed by atoms with E-state index in [1.165, 1.54) is 12.1 Å². The van der Waals surface area contributed by atoms with E-state index >= 15 is 0 Å². The van der Waals surface area contributed by atoms with Gasteiger partial charge in [-0.15, -0.1) is 0 Å². The van der Waals surface area contributed by atoms with Crippen molar-refractivity contribution >= 4 is 21.7 Å². The normalized spacial score (nSPS) is 10.3. The van der Waals surface area contributed by atoms with Gasteiger partial charge in [-0.2, -0.15) is 0 Å². The lowest BCUT2D eigenvalue weighted by Gasteiger charge is -2.03. The molecule has 0 amide bonds. The van der Waals surface area contributed by atoms with Gasteiger partial charge in [0.25, 0.3) is 0 Å². The van der Waals surface area contributed by atoms with E-state index in [0.29, 0.717) is 12.8 Å². The van der Waals surface area contributed by atoms with Crippen LogP contribution in [0.2, 0.25) is 0 Å². The fourth-order valence-corrected chi connectivity index (χ4v) is 1.74. The third-order valence-electron chi connectivity index (χ3n) is 2.20. The molecule has 1 rings (SSSR count). The van der Waals surface area contributed by atoms with Crippen LogP contribution in [0.4, 0.5) is 4.39 Å². The second kappa shape index (κ2) is 6.01. The van der Waals surface area contributed by atoms with Crippen molar-refractivity contribution in [2.45, 2.75) is 32.6 Å². The zero-order chi connectivity index (χ0) is 11.3. The van der Waals surface area contributed by atoms with E-state index in [0.717, 1.165) is 22.9 Å². The average molecular weight is 273 g/mol. The molecule has 3 heteroatoms. The van der Waals surface area contributed by atoms with Gasteiger partial charge in [-0.3, -0.25) is 4.79 Å². The highest BCUT2D eigenvalue weighted by atomic mass is 79.9. The SMILES string of the molecule is CCCCC(=O)Cc1cc(F)ccc1Br. The number of carbonyl (C=O) groups excluding carboxylic acids is 1. The Morgan fingerprint density at radius 1 is 1.47 bits per heavy atom. The molecule has 0 atom stereocenters. The lowest BCUT2D eigenvalue weighted by Crippen LogP contribution is -2.03. The van der Waals surface area contributed by atoms with Gasteiger partial charge in [0, 0.05) is 17.3 Å². The first kappa shape index (κ1) is 12.4. The van der Waals surface area contributed by atoms with Gasteiger partial charge in [0.05, 0.1) is 0 Å². The van der Waals surface area contributed by atoms with Gasteiger partial charge >= 0.3 is 0 Å². The predicted octanol–water partition coefficient (Wildman–Crippen LogP) is 3.89. The molecular formula is C12H14BrFO. The van der Waals surface area contributed by atoms with Crippen molar-refractivity contribution < 1.29 is 9.18 Å². The van der Waals surface area contributed by atoms with Crippen LogP contribution in [0.15, 0.2) is 22.7 Å².